The number of hydrogen-bond donors (Lipinski definition) is 3. The van der Waals surface area contributed by atoms with E-state index >= 15 is 0 Å². The highest BCUT2D eigenvalue weighted by Crippen LogP contribution is 2.29. The van der Waals surface area contributed by atoms with E-state index < -0.39 is 0 Å². The molecule has 0 radical (unpaired) electrons. The van der Waals surface area contributed by atoms with Gasteiger partial charge in [-0.1, -0.05) is 18.6 Å². The summed E-state index contributed by atoms with van der Waals surface area (Å²) in [5, 5.41) is 15.6. The van der Waals surface area contributed by atoms with E-state index in [0.717, 1.165) is 13.1 Å². The van der Waals surface area contributed by atoms with Crippen LogP contribution in [0.1, 0.15) is 31.7 Å². The van der Waals surface area contributed by atoms with Crippen LogP contribution < -0.4 is 15.4 Å². The number of ether oxygens (including phenoxy) is 1. The second-order valence-corrected chi connectivity index (χ2v) is 5.96. The van der Waals surface area contributed by atoms with E-state index in [1.165, 1.54) is 26.4 Å². The fourth-order valence-electron chi connectivity index (χ4n) is 2.92. The number of aromatic hydroxyl groups is 1. The summed E-state index contributed by atoms with van der Waals surface area (Å²) in [6.45, 7) is 5.11. The van der Waals surface area contributed by atoms with Gasteiger partial charge in [0.15, 0.2) is 11.5 Å². The second kappa shape index (κ2) is 8.62. The van der Waals surface area contributed by atoms with Crippen LogP contribution in [0.3, 0.4) is 0 Å². The number of phenolic OH excluding ortho intramolecular Hbond substituents is 1. The van der Waals surface area contributed by atoms with Crippen LogP contribution in [0.25, 0.3) is 0 Å². The highest BCUT2D eigenvalue weighted by atomic mass is 16.5. The number of benzene rings is 1. The van der Waals surface area contributed by atoms with Crippen molar-refractivity contribution in [2.24, 2.45) is 0 Å². The summed E-state index contributed by atoms with van der Waals surface area (Å²) in [7, 11) is 1.50. The van der Waals surface area contributed by atoms with Crippen LogP contribution in [0.2, 0.25) is 0 Å². The maximum absolute atomic E-state index is 11.9. The molecule has 1 aromatic rings. The highest BCUT2D eigenvalue weighted by Gasteiger charge is 2.17. The fraction of sp³-hybridized carbons (Fsp3) is 0.588. The summed E-state index contributed by atoms with van der Waals surface area (Å²) < 4.78 is 5.05. The summed E-state index contributed by atoms with van der Waals surface area (Å²) >= 11 is 0. The van der Waals surface area contributed by atoms with Crippen molar-refractivity contribution in [2.45, 2.75) is 38.8 Å². The SMILES string of the molecule is COc1cccc(CNC(=O)NCCN2CCCC[C@@H]2C)c1O. The number of nitrogens with one attached hydrogen (secondary N) is 2. The molecule has 0 bridgehead atoms. The molecule has 0 aromatic heterocycles. The molecule has 2 amide bonds. The molecular formula is C17H27N3O3. The lowest BCUT2D eigenvalue weighted by Gasteiger charge is -2.33. The minimum absolute atomic E-state index is 0.0671. The maximum Gasteiger partial charge on any atom is 0.315 e. The van der Waals surface area contributed by atoms with Crippen LogP contribution in [0, 0.1) is 0 Å². The van der Waals surface area contributed by atoms with Crippen LogP contribution in [0.4, 0.5) is 4.79 Å². The zero-order valence-corrected chi connectivity index (χ0v) is 14.0. The topological polar surface area (TPSA) is 73.8 Å². The Hall–Kier alpha value is -1.95. The average Bonchev–Trinajstić information content (AvgIpc) is 2.55. The van der Waals surface area contributed by atoms with Crippen molar-refractivity contribution in [2.75, 3.05) is 26.7 Å². The lowest BCUT2D eigenvalue weighted by molar-refractivity contribution is 0.161. The zero-order chi connectivity index (χ0) is 16.7. The first-order valence-electron chi connectivity index (χ1n) is 8.22. The number of hydrogen-bond acceptors (Lipinski definition) is 4. The van der Waals surface area contributed by atoms with Crippen molar-refractivity contribution >= 4 is 6.03 Å². The Morgan fingerprint density at radius 1 is 1.39 bits per heavy atom. The van der Waals surface area contributed by atoms with Gasteiger partial charge >= 0.3 is 6.03 Å². The van der Waals surface area contributed by atoms with Crippen LogP contribution >= 0.6 is 0 Å². The molecule has 1 atom stereocenters. The molecule has 128 valence electrons. The summed E-state index contributed by atoms with van der Waals surface area (Å²) in [6.07, 6.45) is 3.78. The Morgan fingerprint density at radius 3 is 2.96 bits per heavy atom. The van der Waals surface area contributed by atoms with Crippen molar-refractivity contribution in [3.8, 4) is 11.5 Å². The number of urea groups is 1. The molecule has 1 fully saturated rings. The van der Waals surface area contributed by atoms with Gasteiger partial charge in [-0.25, -0.2) is 4.79 Å². The average molecular weight is 321 g/mol. The number of likely N-dealkylation sites (tertiary alicyclic amines) is 1. The fourth-order valence-corrected chi connectivity index (χ4v) is 2.92. The van der Waals surface area contributed by atoms with Crippen LogP contribution in [-0.4, -0.2) is 48.8 Å². The standard InChI is InChI=1S/C17H27N3O3/c1-13-6-3-4-10-20(13)11-9-18-17(22)19-12-14-7-5-8-15(23-2)16(14)21/h5,7-8,13,21H,3-4,6,9-12H2,1-2H3,(H2,18,19,22)/t13-/m0/s1. The molecule has 0 aliphatic carbocycles. The van der Waals surface area contributed by atoms with Crippen molar-refractivity contribution in [1.82, 2.24) is 15.5 Å². The molecule has 23 heavy (non-hydrogen) atoms. The second-order valence-electron chi connectivity index (χ2n) is 5.96. The number of methoxy groups -OCH3 is 1. The van der Waals surface area contributed by atoms with Gasteiger partial charge in [-0.05, 0) is 32.4 Å². The molecule has 1 aromatic carbocycles. The predicted molar refractivity (Wildman–Crippen MR) is 89.8 cm³/mol. The van der Waals surface area contributed by atoms with E-state index in [1.807, 2.05) is 0 Å². The molecule has 2 rings (SSSR count). The van der Waals surface area contributed by atoms with E-state index in [4.69, 9.17) is 4.74 Å². The minimum atomic E-state index is -0.225. The molecule has 0 unspecified atom stereocenters. The van der Waals surface area contributed by atoms with Crippen molar-refractivity contribution in [3.63, 3.8) is 0 Å². The van der Waals surface area contributed by atoms with Gasteiger partial charge in [0.2, 0.25) is 0 Å². The molecule has 0 spiro atoms. The summed E-state index contributed by atoms with van der Waals surface area (Å²) in [4.78, 5) is 14.3. The molecule has 6 nitrogen and oxygen atoms in total. The van der Waals surface area contributed by atoms with Gasteiger partial charge in [0, 0.05) is 31.2 Å². The Morgan fingerprint density at radius 2 is 2.22 bits per heavy atom. The molecule has 1 aliphatic heterocycles. The van der Waals surface area contributed by atoms with Gasteiger partial charge in [-0.2, -0.15) is 0 Å². The Kier molecular flexibility index (Phi) is 6.52. The molecule has 1 heterocycles. The van der Waals surface area contributed by atoms with Gasteiger partial charge in [0.1, 0.15) is 0 Å². The Labute approximate surface area is 137 Å². The summed E-state index contributed by atoms with van der Waals surface area (Å²) in [5.74, 6) is 0.473. The third kappa shape index (κ3) is 5.03. The Bertz CT molecular complexity index is 522. The number of phenols is 1. The lowest BCUT2D eigenvalue weighted by Crippen LogP contribution is -2.44. The summed E-state index contributed by atoms with van der Waals surface area (Å²) in [6, 6.07) is 5.59. The number of carbonyl (C=O) groups is 1. The van der Waals surface area contributed by atoms with Crippen LogP contribution in [-0.2, 0) is 6.54 Å². The third-order valence-electron chi connectivity index (χ3n) is 4.37. The van der Waals surface area contributed by atoms with Crippen molar-refractivity contribution in [1.29, 1.82) is 0 Å². The molecule has 0 saturated carbocycles. The Balaban J connectivity index is 1.71. The van der Waals surface area contributed by atoms with Crippen LogP contribution in [0.15, 0.2) is 18.2 Å². The zero-order valence-electron chi connectivity index (χ0n) is 14.0. The number of amides is 2. The smallest absolute Gasteiger partial charge is 0.315 e. The molecule has 1 saturated heterocycles. The predicted octanol–water partition coefficient (Wildman–Crippen LogP) is 2.07. The van der Waals surface area contributed by atoms with Crippen LogP contribution in [0.5, 0.6) is 11.5 Å². The number of rotatable bonds is 6. The van der Waals surface area contributed by atoms with E-state index in [2.05, 4.69) is 22.5 Å². The van der Waals surface area contributed by atoms with Crippen molar-refractivity contribution in [3.05, 3.63) is 23.8 Å². The van der Waals surface area contributed by atoms with E-state index in [9.17, 15) is 9.90 Å². The van der Waals surface area contributed by atoms with Gasteiger partial charge in [-0.15, -0.1) is 0 Å². The number of carbonyl (C=O) groups excluding carboxylic acids is 1. The van der Waals surface area contributed by atoms with Crippen molar-refractivity contribution < 1.29 is 14.6 Å². The molecule has 6 heteroatoms. The minimum Gasteiger partial charge on any atom is -0.504 e. The number of nitrogens with zero attached hydrogens (tertiary/aromatic N) is 1. The normalized spacial score (nSPS) is 18.4. The number of piperidine rings is 1. The van der Waals surface area contributed by atoms with E-state index in [1.54, 1.807) is 18.2 Å². The van der Waals surface area contributed by atoms with Gasteiger partial charge in [0.05, 0.1) is 7.11 Å². The molecule has 3 N–H and O–H groups in total. The first kappa shape index (κ1) is 17.4. The molecular weight excluding hydrogens is 294 g/mol. The maximum atomic E-state index is 11.9. The van der Waals surface area contributed by atoms with Gasteiger partial charge in [-0.3, -0.25) is 4.90 Å². The first-order valence-corrected chi connectivity index (χ1v) is 8.22. The quantitative estimate of drug-likeness (QED) is 0.750. The lowest BCUT2D eigenvalue weighted by atomic mass is 10.0. The number of para-hydroxylation sites is 1. The molecule has 1 aliphatic rings. The largest absolute Gasteiger partial charge is 0.504 e. The monoisotopic (exact) mass is 321 g/mol. The third-order valence-corrected chi connectivity index (χ3v) is 4.37. The van der Waals surface area contributed by atoms with E-state index in [0.29, 0.717) is 23.9 Å². The summed E-state index contributed by atoms with van der Waals surface area (Å²) in [5.41, 5.74) is 0.629. The van der Waals surface area contributed by atoms with E-state index in [-0.39, 0.29) is 18.3 Å². The van der Waals surface area contributed by atoms with Gasteiger partial charge < -0.3 is 20.5 Å². The van der Waals surface area contributed by atoms with Gasteiger partial charge in [0.25, 0.3) is 0 Å². The highest BCUT2D eigenvalue weighted by molar-refractivity contribution is 5.73. The first-order chi connectivity index (χ1) is 11.1.